The lowest BCUT2D eigenvalue weighted by Crippen LogP contribution is -2.53. The zero-order chi connectivity index (χ0) is 10.5. The van der Waals surface area contributed by atoms with Gasteiger partial charge >= 0.3 is 0 Å². The summed E-state index contributed by atoms with van der Waals surface area (Å²) < 4.78 is 1.00. The minimum Gasteiger partial charge on any atom is -0.290 e. The van der Waals surface area contributed by atoms with Gasteiger partial charge < -0.3 is 0 Å². The Morgan fingerprint density at radius 3 is 1.85 bits per heavy atom. The van der Waals surface area contributed by atoms with E-state index in [0.717, 1.165) is 11.0 Å². The molecule has 0 unspecified atom stereocenters. The molecule has 0 aromatic carbocycles. The molecule has 0 atom stereocenters. The molecule has 0 spiro atoms. The van der Waals surface area contributed by atoms with Gasteiger partial charge in [0.05, 0.1) is 18.3 Å². The maximum absolute atomic E-state index is 3.84. The van der Waals surface area contributed by atoms with Crippen molar-refractivity contribution >= 4 is 0 Å². The summed E-state index contributed by atoms with van der Waals surface area (Å²) in [4.78, 5) is 0. The number of hydrogen-bond donors (Lipinski definition) is 0. The predicted molar refractivity (Wildman–Crippen MR) is 60.4 cm³/mol. The molecule has 0 aliphatic heterocycles. The minimum atomic E-state index is 0.606. The minimum absolute atomic E-state index is 0.606. The van der Waals surface area contributed by atoms with E-state index >= 15 is 0 Å². The smallest absolute Gasteiger partial charge is 0.102 e. The van der Waals surface area contributed by atoms with Crippen LogP contribution in [-0.4, -0.2) is 23.1 Å². The maximum Gasteiger partial charge on any atom is 0.102 e. The lowest BCUT2D eigenvalue weighted by molar-refractivity contribution is -0.915. The van der Waals surface area contributed by atoms with Crippen LogP contribution < -0.4 is 0 Å². The zero-order valence-electron chi connectivity index (χ0n) is 9.75. The largest absolute Gasteiger partial charge is 0.290 e. The second-order valence-electron chi connectivity index (χ2n) is 4.14. The van der Waals surface area contributed by atoms with Crippen LogP contribution in [0.15, 0.2) is 24.9 Å². The quantitative estimate of drug-likeness (QED) is 0.452. The summed E-state index contributed by atoms with van der Waals surface area (Å²) in [5, 5.41) is 0. The molecule has 0 saturated carbocycles. The van der Waals surface area contributed by atoms with Gasteiger partial charge in [-0.15, -0.1) is 0 Å². The number of allylic oxidation sites excluding steroid dienone is 1. The summed E-state index contributed by atoms with van der Waals surface area (Å²) >= 11 is 0. The molecule has 0 saturated heterocycles. The van der Waals surface area contributed by atoms with E-state index < -0.39 is 0 Å². The standard InChI is InChI=1S/C12H24N/c1-7-9-13(10-8-2,11(3)4)12(5)6/h7-8,10-12H,1,9H2,2-6H3/q+1. The third-order valence-electron chi connectivity index (χ3n) is 2.79. The molecule has 0 radical (unpaired) electrons. The summed E-state index contributed by atoms with van der Waals surface area (Å²) in [5.74, 6) is 0. The SMILES string of the molecule is C=CC[N+](C=CC)(C(C)C)C(C)C. The van der Waals surface area contributed by atoms with Crippen LogP contribution in [-0.2, 0) is 0 Å². The van der Waals surface area contributed by atoms with Crippen molar-refractivity contribution < 1.29 is 4.48 Å². The van der Waals surface area contributed by atoms with Gasteiger partial charge in [-0.05, 0) is 46.8 Å². The second kappa shape index (κ2) is 5.23. The molecule has 0 aliphatic rings. The van der Waals surface area contributed by atoms with Crippen LogP contribution in [0.4, 0.5) is 0 Å². The first-order chi connectivity index (χ1) is 6.01. The molecular formula is C12H24N+. The van der Waals surface area contributed by atoms with Gasteiger partial charge in [0, 0.05) is 0 Å². The first-order valence-corrected chi connectivity index (χ1v) is 5.13. The van der Waals surface area contributed by atoms with E-state index in [4.69, 9.17) is 0 Å². The van der Waals surface area contributed by atoms with E-state index in [9.17, 15) is 0 Å². The van der Waals surface area contributed by atoms with Gasteiger partial charge in [-0.2, -0.15) is 0 Å². The highest BCUT2D eigenvalue weighted by molar-refractivity contribution is 4.77. The number of quaternary nitrogens is 1. The van der Waals surface area contributed by atoms with Crippen molar-refractivity contribution in [3.05, 3.63) is 24.9 Å². The van der Waals surface area contributed by atoms with E-state index in [1.165, 1.54) is 0 Å². The van der Waals surface area contributed by atoms with E-state index in [1.807, 2.05) is 6.08 Å². The molecule has 0 aromatic rings. The van der Waals surface area contributed by atoms with E-state index in [-0.39, 0.29) is 0 Å². The highest BCUT2D eigenvalue weighted by atomic mass is 15.4. The average Bonchev–Trinajstić information content (AvgIpc) is 2.03. The highest BCUT2D eigenvalue weighted by Crippen LogP contribution is 2.20. The molecule has 0 N–H and O–H groups in total. The fourth-order valence-corrected chi connectivity index (χ4v) is 1.92. The fourth-order valence-electron chi connectivity index (χ4n) is 1.92. The van der Waals surface area contributed by atoms with Crippen LogP contribution in [0.1, 0.15) is 34.6 Å². The van der Waals surface area contributed by atoms with Crippen LogP contribution in [0.3, 0.4) is 0 Å². The van der Waals surface area contributed by atoms with Crippen LogP contribution in [0.2, 0.25) is 0 Å². The van der Waals surface area contributed by atoms with Gasteiger partial charge in [0.25, 0.3) is 0 Å². The third kappa shape index (κ3) is 2.70. The van der Waals surface area contributed by atoms with Crippen LogP contribution in [0.25, 0.3) is 0 Å². The van der Waals surface area contributed by atoms with Crippen molar-refractivity contribution in [2.75, 3.05) is 6.54 Å². The molecule has 0 aliphatic carbocycles. The number of rotatable bonds is 5. The molecule has 0 heterocycles. The zero-order valence-corrected chi connectivity index (χ0v) is 9.75. The van der Waals surface area contributed by atoms with E-state index in [1.54, 1.807) is 0 Å². The molecule has 1 nitrogen and oxygen atoms in total. The van der Waals surface area contributed by atoms with Gasteiger partial charge in [0.1, 0.15) is 6.54 Å². The van der Waals surface area contributed by atoms with Gasteiger partial charge in [0.2, 0.25) is 0 Å². The van der Waals surface area contributed by atoms with E-state index in [2.05, 4.69) is 53.5 Å². The fraction of sp³-hybridized carbons (Fsp3) is 0.667. The summed E-state index contributed by atoms with van der Waals surface area (Å²) in [6.07, 6.45) is 6.44. The normalized spacial score (nSPS) is 13.2. The Labute approximate surface area is 83.3 Å². The van der Waals surface area contributed by atoms with Crippen molar-refractivity contribution in [3.8, 4) is 0 Å². The van der Waals surface area contributed by atoms with Crippen molar-refractivity contribution in [2.24, 2.45) is 0 Å². The maximum atomic E-state index is 3.84. The molecule has 76 valence electrons. The van der Waals surface area contributed by atoms with Crippen molar-refractivity contribution in [1.29, 1.82) is 0 Å². The Balaban J connectivity index is 4.91. The first kappa shape index (κ1) is 12.4. The second-order valence-corrected chi connectivity index (χ2v) is 4.14. The van der Waals surface area contributed by atoms with Crippen LogP contribution >= 0.6 is 0 Å². The molecule has 0 bridgehead atoms. The molecule has 13 heavy (non-hydrogen) atoms. The van der Waals surface area contributed by atoms with Crippen LogP contribution in [0, 0.1) is 0 Å². The first-order valence-electron chi connectivity index (χ1n) is 5.13. The highest BCUT2D eigenvalue weighted by Gasteiger charge is 2.30. The van der Waals surface area contributed by atoms with Gasteiger partial charge in [0.15, 0.2) is 0 Å². The molecule has 0 fully saturated rings. The van der Waals surface area contributed by atoms with Gasteiger partial charge in [-0.25, -0.2) is 0 Å². The average molecular weight is 182 g/mol. The Morgan fingerprint density at radius 1 is 1.15 bits per heavy atom. The van der Waals surface area contributed by atoms with E-state index in [0.29, 0.717) is 12.1 Å². The molecule has 0 aromatic heterocycles. The Kier molecular flexibility index (Phi) is 5.01. The summed E-state index contributed by atoms with van der Waals surface area (Å²) in [6.45, 7) is 16.0. The third-order valence-corrected chi connectivity index (χ3v) is 2.79. The molecular weight excluding hydrogens is 158 g/mol. The Hall–Kier alpha value is -0.560. The number of hydrogen-bond acceptors (Lipinski definition) is 0. The lowest BCUT2D eigenvalue weighted by atomic mass is 10.1. The van der Waals surface area contributed by atoms with Crippen molar-refractivity contribution in [2.45, 2.75) is 46.7 Å². The summed E-state index contributed by atoms with van der Waals surface area (Å²) in [5.41, 5.74) is 0. The predicted octanol–water partition coefficient (Wildman–Crippen LogP) is 3.34. The summed E-state index contributed by atoms with van der Waals surface area (Å²) in [7, 11) is 0. The monoisotopic (exact) mass is 182 g/mol. The summed E-state index contributed by atoms with van der Waals surface area (Å²) in [6, 6.07) is 1.21. The lowest BCUT2D eigenvalue weighted by Gasteiger charge is -2.42. The Bertz CT molecular complexity index is 170. The molecule has 0 amide bonds. The van der Waals surface area contributed by atoms with Crippen molar-refractivity contribution in [3.63, 3.8) is 0 Å². The molecule has 0 rings (SSSR count). The van der Waals surface area contributed by atoms with Crippen molar-refractivity contribution in [1.82, 2.24) is 0 Å². The van der Waals surface area contributed by atoms with Crippen LogP contribution in [0.5, 0.6) is 0 Å². The topological polar surface area (TPSA) is 0 Å². The Morgan fingerprint density at radius 2 is 1.62 bits per heavy atom. The van der Waals surface area contributed by atoms with Gasteiger partial charge in [-0.1, -0.05) is 6.58 Å². The molecule has 1 heteroatoms. The van der Waals surface area contributed by atoms with Gasteiger partial charge in [-0.3, -0.25) is 4.48 Å². The number of nitrogens with zero attached hydrogens (tertiary/aromatic N) is 1.